The fraction of sp³-hybridized carbons (Fsp3) is 0.462. The number of hydrogen-bond acceptors (Lipinski definition) is 6. The van der Waals surface area contributed by atoms with Gasteiger partial charge in [-0.3, -0.25) is 9.78 Å². The van der Waals surface area contributed by atoms with Gasteiger partial charge in [-0.1, -0.05) is 0 Å². The van der Waals surface area contributed by atoms with E-state index in [1.807, 2.05) is 13.0 Å². The molecule has 0 aromatic carbocycles. The van der Waals surface area contributed by atoms with E-state index in [0.717, 1.165) is 0 Å². The Hall–Kier alpha value is -2.51. The molecule has 2 aromatic heterocycles. The van der Waals surface area contributed by atoms with Crippen molar-refractivity contribution >= 4 is 5.91 Å². The molecule has 0 aliphatic carbocycles. The molecular weight excluding hydrogens is 272 g/mol. The Morgan fingerprint density at radius 3 is 3.05 bits per heavy atom. The molecule has 0 aliphatic rings. The van der Waals surface area contributed by atoms with Crippen molar-refractivity contribution in [2.75, 3.05) is 6.54 Å². The Labute approximate surface area is 122 Å². The zero-order valence-electron chi connectivity index (χ0n) is 12.1. The van der Waals surface area contributed by atoms with E-state index in [1.165, 1.54) is 0 Å². The largest absolute Gasteiger partial charge is 0.487 e. The van der Waals surface area contributed by atoms with Gasteiger partial charge in [-0.25, -0.2) is 4.68 Å². The minimum Gasteiger partial charge on any atom is -0.487 e. The molecule has 0 aliphatic heterocycles. The van der Waals surface area contributed by atoms with Crippen LogP contribution in [-0.2, 0) is 11.3 Å². The molecule has 21 heavy (non-hydrogen) atoms. The zero-order chi connectivity index (χ0) is 15.1. The highest BCUT2D eigenvalue weighted by molar-refractivity contribution is 5.75. The Kier molecular flexibility index (Phi) is 5.19. The fourth-order valence-corrected chi connectivity index (χ4v) is 1.70. The summed E-state index contributed by atoms with van der Waals surface area (Å²) in [5.74, 6) is 1.31. The molecule has 8 nitrogen and oxygen atoms in total. The number of tetrazole rings is 1. The van der Waals surface area contributed by atoms with Crippen molar-refractivity contribution in [3.63, 3.8) is 0 Å². The lowest BCUT2D eigenvalue weighted by molar-refractivity contribution is -0.121. The summed E-state index contributed by atoms with van der Waals surface area (Å²) in [5, 5.41) is 13.9. The molecule has 0 radical (unpaired) electrons. The first-order valence-electron chi connectivity index (χ1n) is 6.71. The highest BCUT2D eigenvalue weighted by Crippen LogP contribution is 2.08. The third kappa shape index (κ3) is 4.83. The first-order chi connectivity index (χ1) is 10.1. The highest BCUT2D eigenvalue weighted by atomic mass is 16.5. The van der Waals surface area contributed by atoms with Gasteiger partial charge in [-0.15, -0.1) is 5.10 Å². The van der Waals surface area contributed by atoms with Gasteiger partial charge < -0.3 is 10.1 Å². The van der Waals surface area contributed by atoms with Crippen molar-refractivity contribution in [1.82, 2.24) is 30.5 Å². The number of hydrogen-bond donors (Lipinski definition) is 1. The smallest absolute Gasteiger partial charge is 0.221 e. The highest BCUT2D eigenvalue weighted by Gasteiger charge is 2.08. The molecule has 112 valence electrons. The van der Waals surface area contributed by atoms with Crippen LogP contribution in [0.1, 0.15) is 19.2 Å². The van der Waals surface area contributed by atoms with E-state index >= 15 is 0 Å². The molecule has 8 heteroatoms. The lowest BCUT2D eigenvalue weighted by atomic mass is 10.3. The molecule has 2 aromatic rings. The van der Waals surface area contributed by atoms with Crippen molar-refractivity contribution < 1.29 is 9.53 Å². The van der Waals surface area contributed by atoms with Crippen LogP contribution in [0.15, 0.2) is 24.5 Å². The standard InChI is InChI=1S/C13H18N6O2/c1-10(21-12-4-3-6-14-9-12)8-15-13(20)5-7-19-11(2)16-17-18-19/h3-4,6,9-10H,5,7-8H2,1-2H3,(H,15,20)/t10-/m1/s1. The first kappa shape index (κ1) is 14.9. The van der Waals surface area contributed by atoms with Crippen LogP contribution in [0, 0.1) is 6.92 Å². The number of ether oxygens (including phenoxy) is 1. The second-order valence-electron chi connectivity index (χ2n) is 4.62. The number of amides is 1. The lowest BCUT2D eigenvalue weighted by Crippen LogP contribution is -2.34. The Morgan fingerprint density at radius 1 is 1.52 bits per heavy atom. The summed E-state index contributed by atoms with van der Waals surface area (Å²) in [4.78, 5) is 15.7. The van der Waals surface area contributed by atoms with Crippen LogP contribution in [0.4, 0.5) is 0 Å². The Balaban J connectivity index is 1.68. The van der Waals surface area contributed by atoms with E-state index < -0.39 is 0 Å². The molecular formula is C13H18N6O2. The quantitative estimate of drug-likeness (QED) is 0.790. The monoisotopic (exact) mass is 290 g/mol. The van der Waals surface area contributed by atoms with Gasteiger partial charge in [-0.05, 0) is 36.4 Å². The maximum atomic E-state index is 11.7. The van der Waals surface area contributed by atoms with Crippen LogP contribution in [-0.4, -0.2) is 43.7 Å². The topological polar surface area (TPSA) is 94.8 Å². The number of nitrogens with zero attached hydrogens (tertiary/aromatic N) is 5. The average molecular weight is 290 g/mol. The lowest BCUT2D eigenvalue weighted by Gasteiger charge is -2.15. The molecule has 2 rings (SSSR count). The summed E-state index contributed by atoms with van der Waals surface area (Å²) in [6.45, 7) is 4.57. The van der Waals surface area contributed by atoms with E-state index in [0.29, 0.717) is 31.1 Å². The fourth-order valence-electron chi connectivity index (χ4n) is 1.70. The van der Waals surface area contributed by atoms with Crippen LogP contribution in [0.3, 0.4) is 0 Å². The van der Waals surface area contributed by atoms with E-state index in [1.54, 1.807) is 30.1 Å². The summed E-state index contributed by atoms with van der Waals surface area (Å²) in [6, 6.07) is 3.63. The van der Waals surface area contributed by atoms with Crippen LogP contribution in [0.5, 0.6) is 5.75 Å². The summed E-state index contributed by atoms with van der Waals surface area (Å²) in [6.07, 6.45) is 3.51. The van der Waals surface area contributed by atoms with Gasteiger partial charge in [0.25, 0.3) is 0 Å². The van der Waals surface area contributed by atoms with Gasteiger partial charge in [0.1, 0.15) is 17.7 Å². The van der Waals surface area contributed by atoms with Gasteiger partial charge in [-0.2, -0.15) is 0 Å². The van der Waals surface area contributed by atoms with Gasteiger partial charge in [0.05, 0.1) is 19.3 Å². The van der Waals surface area contributed by atoms with E-state index in [9.17, 15) is 4.79 Å². The van der Waals surface area contributed by atoms with Gasteiger partial charge in [0, 0.05) is 12.6 Å². The zero-order valence-corrected chi connectivity index (χ0v) is 12.1. The van der Waals surface area contributed by atoms with E-state index in [2.05, 4.69) is 25.8 Å². The molecule has 2 heterocycles. The van der Waals surface area contributed by atoms with Crippen LogP contribution >= 0.6 is 0 Å². The normalized spacial score (nSPS) is 11.9. The second kappa shape index (κ2) is 7.32. The van der Waals surface area contributed by atoms with Crippen LogP contribution in [0.2, 0.25) is 0 Å². The number of rotatable bonds is 7. The summed E-state index contributed by atoms with van der Waals surface area (Å²) < 4.78 is 7.21. The van der Waals surface area contributed by atoms with E-state index in [4.69, 9.17) is 4.74 Å². The number of pyridine rings is 1. The maximum Gasteiger partial charge on any atom is 0.221 e. The average Bonchev–Trinajstić information content (AvgIpc) is 2.89. The minimum atomic E-state index is -0.132. The summed E-state index contributed by atoms with van der Waals surface area (Å²) in [5.41, 5.74) is 0. The third-order valence-corrected chi connectivity index (χ3v) is 2.82. The van der Waals surface area contributed by atoms with Crippen molar-refractivity contribution in [1.29, 1.82) is 0 Å². The van der Waals surface area contributed by atoms with Crippen molar-refractivity contribution in [3.8, 4) is 5.75 Å². The SMILES string of the molecule is Cc1nnnn1CCC(=O)NC[C@@H](C)Oc1cccnc1. The molecule has 0 saturated carbocycles. The molecule has 0 fully saturated rings. The maximum absolute atomic E-state index is 11.7. The van der Waals surface area contributed by atoms with Gasteiger partial charge in [0.15, 0.2) is 0 Å². The summed E-state index contributed by atoms with van der Waals surface area (Å²) in [7, 11) is 0. The molecule has 1 N–H and O–H groups in total. The molecule has 1 amide bonds. The first-order valence-corrected chi connectivity index (χ1v) is 6.71. The van der Waals surface area contributed by atoms with E-state index in [-0.39, 0.29) is 12.0 Å². The van der Waals surface area contributed by atoms with Crippen molar-refractivity contribution in [2.24, 2.45) is 0 Å². The predicted octanol–water partition coefficient (Wildman–Crippen LogP) is 0.350. The Morgan fingerprint density at radius 2 is 2.38 bits per heavy atom. The van der Waals surface area contributed by atoms with Gasteiger partial charge >= 0.3 is 0 Å². The van der Waals surface area contributed by atoms with Crippen molar-refractivity contribution in [3.05, 3.63) is 30.4 Å². The Bertz CT molecular complexity index is 571. The molecule has 1 atom stereocenters. The number of carbonyl (C=O) groups excluding carboxylic acids is 1. The molecule has 0 spiro atoms. The van der Waals surface area contributed by atoms with Crippen LogP contribution in [0.25, 0.3) is 0 Å². The second-order valence-corrected chi connectivity index (χ2v) is 4.62. The molecule has 0 saturated heterocycles. The van der Waals surface area contributed by atoms with Crippen LogP contribution < -0.4 is 10.1 Å². The number of aromatic nitrogens is 5. The molecule has 0 unspecified atom stereocenters. The van der Waals surface area contributed by atoms with Gasteiger partial charge in [0.2, 0.25) is 5.91 Å². The predicted molar refractivity (Wildman–Crippen MR) is 74.5 cm³/mol. The number of nitrogens with one attached hydrogen (secondary N) is 1. The minimum absolute atomic E-state index is 0.0634. The molecule has 0 bridgehead atoms. The van der Waals surface area contributed by atoms with Crippen molar-refractivity contribution in [2.45, 2.75) is 32.9 Å². The number of aryl methyl sites for hydroxylation is 2. The third-order valence-electron chi connectivity index (χ3n) is 2.82. The summed E-state index contributed by atoms with van der Waals surface area (Å²) >= 11 is 0. The number of carbonyl (C=O) groups is 1.